The fourth-order valence-corrected chi connectivity index (χ4v) is 4.23. The van der Waals surface area contributed by atoms with Gasteiger partial charge in [0, 0.05) is 3.57 Å². The number of esters is 1. The van der Waals surface area contributed by atoms with Crippen molar-refractivity contribution in [1.82, 2.24) is 5.32 Å². The van der Waals surface area contributed by atoms with Crippen LogP contribution in [0.1, 0.15) is 36.5 Å². The number of hydrogen-bond acceptors (Lipinski definition) is 4. The van der Waals surface area contributed by atoms with Crippen molar-refractivity contribution in [2.45, 2.75) is 31.8 Å². The highest BCUT2D eigenvalue weighted by atomic mass is 127. The summed E-state index contributed by atoms with van der Waals surface area (Å²) in [6.45, 7) is 3.75. The monoisotopic (exact) mass is 501 g/mol. The van der Waals surface area contributed by atoms with Gasteiger partial charge in [-0.05, 0) is 89.7 Å². The van der Waals surface area contributed by atoms with Crippen LogP contribution in [-0.4, -0.2) is 29.8 Å². The normalized spacial score (nSPS) is 17.8. The van der Waals surface area contributed by atoms with Crippen LogP contribution >= 0.6 is 45.2 Å². The first-order chi connectivity index (χ1) is 9.47. The van der Waals surface area contributed by atoms with E-state index in [9.17, 15) is 9.90 Å². The molecule has 1 fully saturated rings. The highest BCUT2D eigenvalue weighted by Crippen LogP contribution is 2.32. The molecule has 0 bridgehead atoms. The van der Waals surface area contributed by atoms with Gasteiger partial charge in [-0.1, -0.05) is 6.92 Å². The number of hydrogen-bond donors (Lipinski definition) is 2. The summed E-state index contributed by atoms with van der Waals surface area (Å²) in [4.78, 5) is 12.4. The first kappa shape index (κ1) is 16.3. The number of nitrogens with one attached hydrogen (secondary N) is 1. The summed E-state index contributed by atoms with van der Waals surface area (Å²) in [5, 5.41) is 13.3. The Morgan fingerprint density at radius 1 is 1.40 bits per heavy atom. The van der Waals surface area contributed by atoms with Gasteiger partial charge in [0.15, 0.2) is 0 Å². The fourth-order valence-electron chi connectivity index (χ4n) is 2.38. The molecule has 6 heteroatoms. The second-order valence-corrected chi connectivity index (χ2v) is 7.37. The maximum absolute atomic E-state index is 12.4. The van der Waals surface area contributed by atoms with E-state index in [-0.39, 0.29) is 11.3 Å². The van der Waals surface area contributed by atoms with Crippen LogP contribution in [0.15, 0.2) is 12.1 Å². The molecule has 20 heavy (non-hydrogen) atoms. The van der Waals surface area contributed by atoms with E-state index in [2.05, 4.69) is 27.9 Å². The van der Waals surface area contributed by atoms with Crippen LogP contribution < -0.4 is 5.32 Å². The zero-order chi connectivity index (χ0) is 14.8. The Balaban J connectivity index is 2.23. The Labute approximate surface area is 145 Å². The van der Waals surface area contributed by atoms with Gasteiger partial charge in [-0.25, -0.2) is 4.79 Å². The molecule has 0 spiro atoms. The standard InChI is InChI=1S/C14H17I2NO3/c1-2-14(3-5-17-6-4-14)20-13(19)10-7-9(15)8-11(16)12(10)18/h7-8,17-18H,2-6H2,1H3. The molecule has 110 valence electrons. The largest absolute Gasteiger partial charge is 0.506 e. The Bertz CT molecular complexity index is 513. The van der Waals surface area contributed by atoms with Gasteiger partial charge in [0.1, 0.15) is 16.9 Å². The molecule has 0 saturated carbocycles. The van der Waals surface area contributed by atoms with Gasteiger partial charge >= 0.3 is 5.97 Å². The third-order valence-electron chi connectivity index (χ3n) is 3.72. The fraction of sp³-hybridized carbons (Fsp3) is 0.500. The molecule has 1 aromatic rings. The van der Waals surface area contributed by atoms with Crippen LogP contribution in [0.5, 0.6) is 5.75 Å². The highest BCUT2D eigenvalue weighted by molar-refractivity contribution is 14.1. The van der Waals surface area contributed by atoms with Crippen LogP contribution in [0.2, 0.25) is 0 Å². The Morgan fingerprint density at radius 2 is 2.05 bits per heavy atom. The zero-order valence-corrected chi connectivity index (χ0v) is 15.5. The Kier molecular flexibility index (Phi) is 5.52. The number of carbonyl (C=O) groups excluding carboxylic acids is 1. The summed E-state index contributed by atoms with van der Waals surface area (Å²) in [6.07, 6.45) is 2.43. The molecule has 0 aliphatic carbocycles. The second kappa shape index (κ2) is 6.78. The van der Waals surface area contributed by atoms with Crippen molar-refractivity contribution in [2.75, 3.05) is 13.1 Å². The number of piperidine rings is 1. The summed E-state index contributed by atoms with van der Waals surface area (Å²) in [5.41, 5.74) is -0.144. The number of carbonyl (C=O) groups is 1. The molecule has 2 N–H and O–H groups in total. The number of rotatable bonds is 3. The van der Waals surface area contributed by atoms with Crippen LogP contribution in [-0.2, 0) is 4.74 Å². The minimum Gasteiger partial charge on any atom is -0.506 e. The maximum atomic E-state index is 12.4. The summed E-state index contributed by atoms with van der Waals surface area (Å²) in [7, 11) is 0. The van der Waals surface area contributed by atoms with Crippen LogP contribution in [0.4, 0.5) is 0 Å². The van der Waals surface area contributed by atoms with Crippen LogP contribution in [0, 0.1) is 7.14 Å². The van der Waals surface area contributed by atoms with E-state index in [4.69, 9.17) is 4.74 Å². The van der Waals surface area contributed by atoms with Crippen molar-refractivity contribution in [2.24, 2.45) is 0 Å². The van der Waals surface area contributed by atoms with Crippen molar-refractivity contribution in [3.8, 4) is 5.75 Å². The molecule has 1 aliphatic rings. The van der Waals surface area contributed by atoms with E-state index in [0.29, 0.717) is 3.57 Å². The lowest BCUT2D eigenvalue weighted by Gasteiger charge is -2.36. The minimum atomic E-state index is -0.428. The van der Waals surface area contributed by atoms with E-state index in [0.717, 1.165) is 35.9 Å². The number of halogens is 2. The number of benzene rings is 1. The molecule has 0 radical (unpaired) electrons. The lowest BCUT2D eigenvalue weighted by atomic mass is 9.89. The molecule has 1 heterocycles. The van der Waals surface area contributed by atoms with E-state index in [1.54, 1.807) is 6.07 Å². The molecule has 2 rings (SSSR count). The zero-order valence-electron chi connectivity index (χ0n) is 11.2. The molecular formula is C14H17I2NO3. The minimum absolute atomic E-state index is 0.0104. The number of phenols is 1. The molecule has 4 nitrogen and oxygen atoms in total. The van der Waals surface area contributed by atoms with Gasteiger partial charge in [-0.3, -0.25) is 0 Å². The lowest BCUT2D eigenvalue weighted by Crippen LogP contribution is -2.44. The molecule has 0 atom stereocenters. The first-order valence-electron chi connectivity index (χ1n) is 6.59. The summed E-state index contributed by atoms with van der Waals surface area (Å²) >= 11 is 4.15. The van der Waals surface area contributed by atoms with Crippen LogP contribution in [0.3, 0.4) is 0 Å². The second-order valence-electron chi connectivity index (χ2n) is 4.96. The van der Waals surface area contributed by atoms with Gasteiger partial charge in [0.05, 0.1) is 3.57 Å². The van der Waals surface area contributed by atoms with Gasteiger partial charge < -0.3 is 15.2 Å². The molecule has 1 aromatic carbocycles. The number of phenolic OH excluding ortho intramolecular Hbond substituents is 1. The van der Waals surface area contributed by atoms with Crippen molar-refractivity contribution in [1.29, 1.82) is 0 Å². The Hall–Kier alpha value is -0.0900. The predicted molar refractivity (Wildman–Crippen MR) is 94.1 cm³/mol. The average Bonchev–Trinajstić information content (AvgIpc) is 2.43. The van der Waals surface area contributed by atoms with Gasteiger partial charge in [0.2, 0.25) is 0 Å². The van der Waals surface area contributed by atoms with Gasteiger partial charge in [-0.15, -0.1) is 0 Å². The van der Waals surface area contributed by atoms with Crippen LogP contribution in [0.25, 0.3) is 0 Å². The lowest BCUT2D eigenvalue weighted by molar-refractivity contribution is -0.0362. The van der Waals surface area contributed by atoms with Crippen molar-refractivity contribution >= 4 is 51.2 Å². The summed E-state index contributed by atoms with van der Waals surface area (Å²) in [6, 6.07) is 3.50. The summed E-state index contributed by atoms with van der Waals surface area (Å²) in [5.74, 6) is -0.418. The SMILES string of the molecule is CCC1(OC(=O)c2cc(I)cc(I)c2O)CCNCC1. The quantitative estimate of drug-likeness (QED) is 0.494. The average molecular weight is 501 g/mol. The van der Waals surface area contributed by atoms with Crippen molar-refractivity contribution in [3.63, 3.8) is 0 Å². The predicted octanol–water partition coefficient (Wildman–Crippen LogP) is 3.29. The Morgan fingerprint density at radius 3 is 2.65 bits per heavy atom. The first-order valence-corrected chi connectivity index (χ1v) is 8.75. The molecule has 0 unspecified atom stereocenters. The molecule has 0 amide bonds. The van der Waals surface area contributed by atoms with Crippen molar-refractivity contribution in [3.05, 3.63) is 24.8 Å². The van der Waals surface area contributed by atoms with Crippen molar-refractivity contribution < 1.29 is 14.6 Å². The van der Waals surface area contributed by atoms with E-state index < -0.39 is 11.6 Å². The maximum Gasteiger partial charge on any atom is 0.342 e. The topological polar surface area (TPSA) is 58.6 Å². The van der Waals surface area contributed by atoms with E-state index in [1.165, 1.54) is 0 Å². The number of aromatic hydroxyl groups is 1. The smallest absolute Gasteiger partial charge is 0.342 e. The van der Waals surface area contributed by atoms with E-state index >= 15 is 0 Å². The third-order valence-corrected chi connectivity index (χ3v) is 5.16. The number of ether oxygens (including phenoxy) is 1. The third kappa shape index (κ3) is 3.56. The van der Waals surface area contributed by atoms with E-state index in [1.807, 2.05) is 35.6 Å². The highest BCUT2D eigenvalue weighted by Gasteiger charge is 2.35. The van der Waals surface area contributed by atoms with Gasteiger partial charge in [-0.2, -0.15) is 0 Å². The molecule has 1 aliphatic heterocycles. The molecular weight excluding hydrogens is 484 g/mol. The van der Waals surface area contributed by atoms with Gasteiger partial charge in [0.25, 0.3) is 0 Å². The summed E-state index contributed by atoms with van der Waals surface area (Å²) < 4.78 is 7.33. The molecule has 1 saturated heterocycles. The molecule has 0 aromatic heterocycles.